The minimum absolute atomic E-state index is 0.161. The molecule has 2 atom stereocenters. The standard InChI is InChI=1S/C10H18N2O5S/c1-18-5-4-6(11)9(15)12-7(10(16)17)2-3-8(13)14/h6-7H,2-5,11H2,1H3,(H,12,15)(H,13,14)(H,16,17)/t6-,7?/m0/s1. The normalized spacial score (nSPS) is 13.7. The molecular formula is C10H18N2O5S. The van der Waals surface area contributed by atoms with Crippen LogP contribution in [0.4, 0.5) is 0 Å². The van der Waals surface area contributed by atoms with Gasteiger partial charge in [0.1, 0.15) is 6.04 Å². The van der Waals surface area contributed by atoms with Crippen LogP contribution in [0.15, 0.2) is 0 Å². The van der Waals surface area contributed by atoms with Crippen molar-refractivity contribution in [2.75, 3.05) is 12.0 Å². The fourth-order valence-corrected chi connectivity index (χ4v) is 1.67. The van der Waals surface area contributed by atoms with Crippen molar-refractivity contribution in [3.63, 3.8) is 0 Å². The first kappa shape index (κ1) is 16.7. The third-order valence-corrected chi connectivity index (χ3v) is 2.88. The molecule has 0 saturated carbocycles. The molecule has 5 N–H and O–H groups in total. The van der Waals surface area contributed by atoms with Crippen LogP contribution < -0.4 is 11.1 Å². The van der Waals surface area contributed by atoms with Gasteiger partial charge in [-0.2, -0.15) is 11.8 Å². The van der Waals surface area contributed by atoms with E-state index in [9.17, 15) is 14.4 Å². The van der Waals surface area contributed by atoms with Crippen molar-refractivity contribution in [2.24, 2.45) is 5.73 Å². The average Bonchev–Trinajstić information content (AvgIpc) is 2.30. The van der Waals surface area contributed by atoms with Crippen molar-refractivity contribution >= 4 is 29.6 Å². The fraction of sp³-hybridized carbons (Fsp3) is 0.700. The molecule has 0 aromatic carbocycles. The van der Waals surface area contributed by atoms with Gasteiger partial charge in [-0.3, -0.25) is 9.59 Å². The summed E-state index contributed by atoms with van der Waals surface area (Å²) in [7, 11) is 0. The van der Waals surface area contributed by atoms with Crippen LogP contribution in [-0.2, 0) is 14.4 Å². The SMILES string of the molecule is CSCC[C@H](N)C(=O)NC(CCC(=O)O)C(=O)O. The van der Waals surface area contributed by atoms with Crippen molar-refractivity contribution in [3.8, 4) is 0 Å². The van der Waals surface area contributed by atoms with Crippen molar-refractivity contribution in [1.82, 2.24) is 5.32 Å². The Morgan fingerprint density at radius 2 is 1.89 bits per heavy atom. The quantitative estimate of drug-likeness (QED) is 0.447. The van der Waals surface area contributed by atoms with Crippen molar-refractivity contribution < 1.29 is 24.6 Å². The zero-order chi connectivity index (χ0) is 14.1. The summed E-state index contributed by atoms with van der Waals surface area (Å²) in [6, 6.07) is -1.99. The van der Waals surface area contributed by atoms with E-state index in [1.54, 1.807) is 0 Å². The molecule has 18 heavy (non-hydrogen) atoms. The lowest BCUT2D eigenvalue weighted by Gasteiger charge is -2.16. The van der Waals surface area contributed by atoms with E-state index in [2.05, 4.69) is 5.32 Å². The molecule has 0 spiro atoms. The van der Waals surface area contributed by atoms with E-state index in [0.29, 0.717) is 12.2 Å². The maximum Gasteiger partial charge on any atom is 0.326 e. The largest absolute Gasteiger partial charge is 0.481 e. The predicted octanol–water partition coefficient (Wildman–Crippen LogP) is -0.499. The summed E-state index contributed by atoms with van der Waals surface area (Å²) in [5.74, 6) is -2.24. The predicted molar refractivity (Wildman–Crippen MR) is 67.4 cm³/mol. The summed E-state index contributed by atoms with van der Waals surface area (Å²) in [5.41, 5.74) is 5.57. The Balaban J connectivity index is 4.26. The first-order valence-corrected chi connectivity index (χ1v) is 6.77. The van der Waals surface area contributed by atoms with Crippen molar-refractivity contribution in [2.45, 2.75) is 31.3 Å². The van der Waals surface area contributed by atoms with E-state index >= 15 is 0 Å². The zero-order valence-corrected chi connectivity index (χ0v) is 10.9. The minimum Gasteiger partial charge on any atom is -0.481 e. The van der Waals surface area contributed by atoms with Gasteiger partial charge in [0.05, 0.1) is 6.04 Å². The third-order valence-electron chi connectivity index (χ3n) is 2.23. The summed E-state index contributed by atoms with van der Waals surface area (Å²) >= 11 is 1.53. The number of hydrogen-bond donors (Lipinski definition) is 4. The number of thioether (sulfide) groups is 1. The van der Waals surface area contributed by atoms with Crippen molar-refractivity contribution in [3.05, 3.63) is 0 Å². The molecular weight excluding hydrogens is 260 g/mol. The van der Waals surface area contributed by atoms with E-state index in [0.717, 1.165) is 0 Å². The number of hydrogen-bond acceptors (Lipinski definition) is 5. The van der Waals surface area contributed by atoms with Gasteiger partial charge in [0.2, 0.25) is 5.91 Å². The van der Waals surface area contributed by atoms with Crippen LogP contribution >= 0.6 is 11.8 Å². The highest BCUT2D eigenvalue weighted by molar-refractivity contribution is 7.98. The third kappa shape index (κ3) is 7.13. The smallest absolute Gasteiger partial charge is 0.326 e. The second-order valence-electron chi connectivity index (χ2n) is 3.72. The number of nitrogens with one attached hydrogen (secondary N) is 1. The number of carboxylic acid groups (broad SMARTS) is 2. The molecule has 0 aromatic heterocycles. The van der Waals surface area contributed by atoms with Crippen LogP contribution in [0.1, 0.15) is 19.3 Å². The van der Waals surface area contributed by atoms with Crippen LogP contribution in [0.2, 0.25) is 0 Å². The van der Waals surface area contributed by atoms with Gasteiger partial charge in [0.15, 0.2) is 0 Å². The van der Waals surface area contributed by atoms with Crippen LogP contribution in [0.3, 0.4) is 0 Å². The Morgan fingerprint density at radius 3 is 2.33 bits per heavy atom. The molecule has 0 rings (SSSR count). The summed E-state index contributed by atoms with van der Waals surface area (Å²) in [6.45, 7) is 0. The van der Waals surface area contributed by atoms with Crippen LogP contribution in [0.5, 0.6) is 0 Å². The van der Waals surface area contributed by atoms with E-state index < -0.39 is 29.9 Å². The Bertz CT molecular complexity index is 311. The molecule has 0 heterocycles. The van der Waals surface area contributed by atoms with Gasteiger partial charge in [-0.25, -0.2) is 4.79 Å². The monoisotopic (exact) mass is 278 g/mol. The van der Waals surface area contributed by atoms with Crippen LogP contribution in [0, 0.1) is 0 Å². The number of rotatable bonds is 9. The molecule has 0 radical (unpaired) electrons. The molecule has 0 aliphatic heterocycles. The molecule has 0 aromatic rings. The minimum atomic E-state index is -1.26. The molecule has 0 aliphatic carbocycles. The molecule has 7 nitrogen and oxygen atoms in total. The summed E-state index contributed by atoms with van der Waals surface area (Å²) in [6.07, 6.45) is 1.83. The van der Waals surface area contributed by atoms with E-state index in [-0.39, 0.29) is 12.8 Å². The first-order chi connectivity index (χ1) is 8.38. The van der Waals surface area contributed by atoms with E-state index in [4.69, 9.17) is 15.9 Å². The highest BCUT2D eigenvalue weighted by atomic mass is 32.2. The molecule has 104 valence electrons. The van der Waals surface area contributed by atoms with Crippen molar-refractivity contribution in [1.29, 1.82) is 0 Å². The van der Waals surface area contributed by atoms with E-state index in [1.807, 2.05) is 6.26 Å². The van der Waals surface area contributed by atoms with Crippen LogP contribution in [0.25, 0.3) is 0 Å². The number of carboxylic acids is 2. The van der Waals surface area contributed by atoms with Gasteiger partial charge < -0.3 is 21.3 Å². The molecule has 0 bridgehead atoms. The van der Waals surface area contributed by atoms with Gasteiger partial charge in [-0.15, -0.1) is 0 Å². The zero-order valence-electron chi connectivity index (χ0n) is 10.1. The molecule has 1 unspecified atom stereocenters. The number of carbonyl (C=O) groups is 3. The van der Waals surface area contributed by atoms with Gasteiger partial charge in [0, 0.05) is 6.42 Å². The lowest BCUT2D eigenvalue weighted by atomic mass is 10.1. The highest BCUT2D eigenvalue weighted by Gasteiger charge is 2.23. The average molecular weight is 278 g/mol. The molecule has 0 fully saturated rings. The Morgan fingerprint density at radius 1 is 1.28 bits per heavy atom. The Labute approximate surface area is 109 Å². The van der Waals surface area contributed by atoms with Gasteiger partial charge in [0.25, 0.3) is 0 Å². The molecule has 1 amide bonds. The second-order valence-corrected chi connectivity index (χ2v) is 4.71. The highest BCUT2D eigenvalue weighted by Crippen LogP contribution is 2.02. The second kappa shape index (κ2) is 8.76. The topological polar surface area (TPSA) is 130 Å². The van der Waals surface area contributed by atoms with Gasteiger partial charge in [-0.1, -0.05) is 0 Å². The number of nitrogens with two attached hydrogens (primary N) is 1. The van der Waals surface area contributed by atoms with Gasteiger partial charge >= 0.3 is 11.9 Å². The first-order valence-electron chi connectivity index (χ1n) is 5.38. The van der Waals surface area contributed by atoms with Gasteiger partial charge in [-0.05, 0) is 24.9 Å². The van der Waals surface area contributed by atoms with E-state index in [1.165, 1.54) is 11.8 Å². The summed E-state index contributed by atoms with van der Waals surface area (Å²) in [4.78, 5) is 32.7. The fourth-order valence-electron chi connectivity index (χ4n) is 1.18. The molecule has 8 heteroatoms. The lowest BCUT2D eigenvalue weighted by Crippen LogP contribution is -2.48. The Hall–Kier alpha value is -1.28. The molecule has 0 aliphatic rings. The molecule has 0 saturated heterocycles. The maximum atomic E-state index is 11.6. The maximum absolute atomic E-state index is 11.6. The summed E-state index contributed by atoms with van der Waals surface area (Å²) in [5, 5.41) is 19.6. The number of aliphatic carboxylic acids is 2. The van der Waals surface area contributed by atoms with Crippen LogP contribution in [-0.4, -0.2) is 52.2 Å². The lowest BCUT2D eigenvalue weighted by molar-refractivity contribution is -0.143. The summed E-state index contributed by atoms with van der Waals surface area (Å²) < 4.78 is 0. The Kier molecular flexibility index (Phi) is 8.14. The number of carbonyl (C=O) groups excluding carboxylic acids is 1. The number of amides is 1.